The number of benzene rings is 2. The summed E-state index contributed by atoms with van der Waals surface area (Å²) in [6.07, 6.45) is 1.70. The van der Waals surface area contributed by atoms with Crippen molar-refractivity contribution in [2.75, 3.05) is 44.3 Å². The Morgan fingerprint density at radius 3 is 2.80 bits per heavy atom. The summed E-state index contributed by atoms with van der Waals surface area (Å²) in [5, 5.41) is 0.669. The number of aryl methyl sites for hydroxylation is 1. The van der Waals surface area contributed by atoms with Gasteiger partial charge in [0.15, 0.2) is 5.13 Å². The quantitative estimate of drug-likeness (QED) is 0.562. The van der Waals surface area contributed by atoms with E-state index in [1.165, 1.54) is 29.0 Å². The molecule has 1 aliphatic rings. The first kappa shape index (κ1) is 20.9. The monoisotopic (exact) mass is 427 g/mol. The standard InChI is InChI=1S/C23H26FN3O2S/c1-2-17-6-4-9-20-21(17)25-23(30-20)27(11-5-10-26-12-14-29-15-13-26)22(28)18-7-3-8-19(24)16-18/h3-4,6-9,16H,2,5,10-15H2,1H3. The molecule has 5 nitrogen and oxygen atoms in total. The molecule has 0 saturated carbocycles. The number of morpholine rings is 1. The lowest BCUT2D eigenvalue weighted by molar-refractivity contribution is 0.0376. The Morgan fingerprint density at radius 1 is 1.23 bits per heavy atom. The van der Waals surface area contributed by atoms with Crippen LogP contribution in [0.1, 0.15) is 29.3 Å². The molecule has 0 unspecified atom stereocenters. The summed E-state index contributed by atoms with van der Waals surface area (Å²) in [6, 6.07) is 12.0. The van der Waals surface area contributed by atoms with Crippen molar-refractivity contribution in [2.45, 2.75) is 19.8 Å². The number of fused-ring (bicyclic) bond motifs is 1. The molecule has 7 heteroatoms. The number of hydrogen-bond acceptors (Lipinski definition) is 5. The van der Waals surface area contributed by atoms with Gasteiger partial charge < -0.3 is 4.74 Å². The first-order valence-electron chi connectivity index (χ1n) is 10.4. The fourth-order valence-electron chi connectivity index (χ4n) is 3.73. The van der Waals surface area contributed by atoms with Crippen LogP contribution in [-0.4, -0.2) is 55.2 Å². The average Bonchev–Trinajstić information content (AvgIpc) is 3.21. The Bertz CT molecular complexity index is 1020. The second kappa shape index (κ2) is 9.64. The highest BCUT2D eigenvalue weighted by molar-refractivity contribution is 7.22. The minimum Gasteiger partial charge on any atom is -0.379 e. The molecule has 1 aliphatic heterocycles. The van der Waals surface area contributed by atoms with E-state index in [2.05, 4.69) is 17.9 Å². The zero-order valence-electron chi connectivity index (χ0n) is 17.1. The molecular weight excluding hydrogens is 401 g/mol. The van der Waals surface area contributed by atoms with Gasteiger partial charge in [-0.15, -0.1) is 0 Å². The van der Waals surface area contributed by atoms with E-state index in [0.717, 1.165) is 55.9 Å². The number of carbonyl (C=O) groups excluding carboxylic acids is 1. The summed E-state index contributed by atoms with van der Waals surface area (Å²) in [6.45, 7) is 6.87. The molecule has 0 spiro atoms. The molecular formula is C23H26FN3O2S. The summed E-state index contributed by atoms with van der Waals surface area (Å²) in [4.78, 5) is 22.2. The molecule has 0 N–H and O–H groups in total. The summed E-state index contributed by atoms with van der Waals surface area (Å²) in [7, 11) is 0. The van der Waals surface area contributed by atoms with Gasteiger partial charge in [-0.1, -0.05) is 36.5 Å². The lowest BCUT2D eigenvalue weighted by Crippen LogP contribution is -2.39. The van der Waals surface area contributed by atoms with Crippen LogP contribution in [0.15, 0.2) is 42.5 Å². The molecule has 1 saturated heterocycles. The number of nitrogens with zero attached hydrogens (tertiary/aromatic N) is 3. The Labute approximate surface area is 180 Å². The molecule has 0 bridgehead atoms. The van der Waals surface area contributed by atoms with Crippen LogP contribution < -0.4 is 4.90 Å². The average molecular weight is 428 g/mol. The highest BCUT2D eigenvalue weighted by Gasteiger charge is 2.22. The number of carbonyl (C=O) groups is 1. The number of hydrogen-bond donors (Lipinski definition) is 0. The number of para-hydroxylation sites is 1. The summed E-state index contributed by atoms with van der Waals surface area (Å²) in [5.74, 6) is -0.625. The molecule has 0 aliphatic carbocycles. The van der Waals surface area contributed by atoms with Gasteiger partial charge in [-0.25, -0.2) is 9.37 Å². The maximum Gasteiger partial charge on any atom is 0.260 e. The van der Waals surface area contributed by atoms with Crippen LogP contribution in [0, 0.1) is 5.82 Å². The van der Waals surface area contributed by atoms with Crippen LogP contribution in [0.5, 0.6) is 0 Å². The lowest BCUT2D eigenvalue weighted by atomic mass is 10.1. The third-order valence-electron chi connectivity index (χ3n) is 5.38. The molecule has 158 valence electrons. The molecule has 1 aromatic heterocycles. The van der Waals surface area contributed by atoms with E-state index < -0.39 is 5.82 Å². The van der Waals surface area contributed by atoms with Crippen molar-refractivity contribution < 1.29 is 13.9 Å². The molecule has 1 fully saturated rings. The van der Waals surface area contributed by atoms with Gasteiger partial charge in [-0.05, 0) is 42.7 Å². The number of amides is 1. The van der Waals surface area contributed by atoms with E-state index in [1.54, 1.807) is 17.0 Å². The van der Waals surface area contributed by atoms with E-state index in [9.17, 15) is 9.18 Å². The third-order valence-corrected chi connectivity index (χ3v) is 6.42. The van der Waals surface area contributed by atoms with E-state index in [1.807, 2.05) is 12.1 Å². The Kier molecular flexibility index (Phi) is 6.72. The zero-order chi connectivity index (χ0) is 20.9. The minimum absolute atomic E-state index is 0.214. The topological polar surface area (TPSA) is 45.7 Å². The number of anilines is 1. The summed E-state index contributed by atoms with van der Waals surface area (Å²) >= 11 is 1.51. The minimum atomic E-state index is -0.410. The molecule has 30 heavy (non-hydrogen) atoms. The van der Waals surface area contributed by atoms with E-state index in [0.29, 0.717) is 17.2 Å². The number of aromatic nitrogens is 1. The predicted molar refractivity (Wildman–Crippen MR) is 119 cm³/mol. The molecule has 3 aromatic rings. The molecule has 2 heterocycles. The van der Waals surface area contributed by atoms with Crippen LogP contribution in [0.3, 0.4) is 0 Å². The zero-order valence-corrected chi connectivity index (χ0v) is 18.0. The Morgan fingerprint density at radius 2 is 2.03 bits per heavy atom. The normalized spacial score (nSPS) is 14.9. The number of halogens is 1. The van der Waals surface area contributed by atoms with Crippen molar-refractivity contribution in [3.05, 3.63) is 59.4 Å². The third kappa shape index (κ3) is 4.69. The molecule has 0 atom stereocenters. The summed E-state index contributed by atoms with van der Waals surface area (Å²) in [5.41, 5.74) is 2.46. The van der Waals surface area contributed by atoms with Crippen molar-refractivity contribution in [2.24, 2.45) is 0 Å². The van der Waals surface area contributed by atoms with Gasteiger partial charge in [0.1, 0.15) is 5.82 Å². The van der Waals surface area contributed by atoms with Gasteiger partial charge >= 0.3 is 0 Å². The molecule has 1 amide bonds. The molecule has 2 aromatic carbocycles. The SMILES string of the molecule is CCc1cccc2sc(N(CCCN3CCOCC3)C(=O)c3cccc(F)c3)nc12. The van der Waals surface area contributed by atoms with Crippen LogP contribution >= 0.6 is 11.3 Å². The van der Waals surface area contributed by atoms with Gasteiger partial charge in [0.2, 0.25) is 0 Å². The highest BCUT2D eigenvalue weighted by atomic mass is 32.1. The van der Waals surface area contributed by atoms with Crippen LogP contribution in [0.4, 0.5) is 9.52 Å². The van der Waals surface area contributed by atoms with Crippen molar-refractivity contribution in [3.63, 3.8) is 0 Å². The highest BCUT2D eigenvalue weighted by Crippen LogP contribution is 2.32. The van der Waals surface area contributed by atoms with Crippen molar-refractivity contribution >= 4 is 32.6 Å². The number of ether oxygens (including phenoxy) is 1. The predicted octanol–water partition coefficient (Wildman–Crippen LogP) is 4.37. The number of thiazole rings is 1. The smallest absolute Gasteiger partial charge is 0.260 e. The van der Waals surface area contributed by atoms with Gasteiger partial charge in [0.25, 0.3) is 5.91 Å². The van der Waals surface area contributed by atoms with Crippen LogP contribution in [-0.2, 0) is 11.2 Å². The first-order chi connectivity index (χ1) is 14.7. The maximum atomic E-state index is 13.8. The second-order valence-electron chi connectivity index (χ2n) is 7.39. The van der Waals surface area contributed by atoms with Crippen LogP contribution in [0.25, 0.3) is 10.2 Å². The van der Waals surface area contributed by atoms with Crippen LogP contribution in [0.2, 0.25) is 0 Å². The fraction of sp³-hybridized carbons (Fsp3) is 0.391. The van der Waals surface area contributed by atoms with Gasteiger partial charge in [0.05, 0.1) is 23.4 Å². The Balaban J connectivity index is 1.60. The first-order valence-corrected chi connectivity index (χ1v) is 11.2. The van der Waals surface area contributed by atoms with Gasteiger partial charge in [-0.3, -0.25) is 14.6 Å². The Hall–Kier alpha value is -2.35. The molecule has 4 rings (SSSR count). The van der Waals surface area contributed by atoms with Crippen molar-refractivity contribution in [3.8, 4) is 0 Å². The van der Waals surface area contributed by atoms with E-state index in [-0.39, 0.29) is 5.91 Å². The fourth-order valence-corrected chi connectivity index (χ4v) is 4.77. The van der Waals surface area contributed by atoms with Crippen molar-refractivity contribution in [1.82, 2.24) is 9.88 Å². The second-order valence-corrected chi connectivity index (χ2v) is 8.40. The number of rotatable bonds is 7. The van der Waals surface area contributed by atoms with Gasteiger partial charge in [-0.2, -0.15) is 0 Å². The van der Waals surface area contributed by atoms with Gasteiger partial charge in [0, 0.05) is 31.7 Å². The maximum absolute atomic E-state index is 13.8. The largest absolute Gasteiger partial charge is 0.379 e. The van der Waals surface area contributed by atoms with E-state index >= 15 is 0 Å². The lowest BCUT2D eigenvalue weighted by Gasteiger charge is -2.27. The van der Waals surface area contributed by atoms with Crippen molar-refractivity contribution in [1.29, 1.82) is 0 Å². The van der Waals surface area contributed by atoms with E-state index in [4.69, 9.17) is 9.72 Å². The summed E-state index contributed by atoms with van der Waals surface area (Å²) < 4.78 is 20.2. The molecule has 0 radical (unpaired) electrons.